The second kappa shape index (κ2) is 7.11. The average molecular weight is 326 g/mol. The molecule has 7 heteroatoms. The molecule has 1 saturated heterocycles. The number of hydrogen-bond acceptors (Lipinski definition) is 4. The number of nitrogens with one attached hydrogen (secondary N) is 1. The van der Waals surface area contributed by atoms with Gasteiger partial charge in [0, 0.05) is 19.1 Å². The molecule has 0 unspecified atom stereocenters. The third-order valence-electron chi connectivity index (χ3n) is 3.69. The van der Waals surface area contributed by atoms with E-state index in [0.717, 1.165) is 0 Å². The number of ether oxygens (including phenoxy) is 1. The summed E-state index contributed by atoms with van der Waals surface area (Å²) < 4.78 is 29.9. The van der Waals surface area contributed by atoms with Gasteiger partial charge >= 0.3 is 0 Å². The second-order valence-electron chi connectivity index (χ2n) is 5.52. The molecule has 22 heavy (non-hydrogen) atoms. The standard InChI is InChI=1S/C15H22N2O4S/c1-12(21-14-6-4-3-5-7-14)15(18)16-13-8-10-17(11-9-13)22(2,19)20/h3-7,12-13H,8-11H2,1-2H3,(H,16,18)/t12-/m1/s1. The summed E-state index contributed by atoms with van der Waals surface area (Å²) in [5.41, 5.74) is 0. The molecule has 0 aromatic heterocycles. The Balaban J connectivity index is 1.80. The first-order valence-corrected chi connectivity index (χ1v) is 9.18. The molecule has 1 atom stereocenters. The number of benzene rings is 1. The van der Waals surface area contributed by atoms with Gasteiger partial charge in [0.2, 0.25) is 10.0 Å². The van der Waals surface area contributed by atoms with Crippen molar-refractivity contribution < 1.29 is 17.9 Å². The number of rotatable bonds is 5. The molecule has 122 valence electrons. The van der Waals surface area contributed by atoms with E-state index in [1.165, 1.54) is 10.6 Å². The molecule has 0 saturated carbocycles. The van der Waals surface area contributed by atoms with E-state index in [-0.39, 0.29) is 11.9 Å². The summed E-state index contributed by atoms with van der Waals surface area (Å²) in [5, 5.41) is 2.93. The smallest absolute Gasteiger partial charge is 0.260 e. The Morgan fingerprint density at radius 1 is 1.27 bits per heavy atom. The van der Waals surface area contributed by atoms with Crippen molar-refractivity contribution in [2.24, 2.45) is 0 Å². The predicted octanol–water partition coefficient (Wildman–Crippen LogP) is 0.994. The zero-order valence-electron chi connectivity index (χ0n) is 12.9. The lowest BCUT2D eigenvalue weighted by Gasteiger charge is -2.31. The van der Waals surface area contributed by atoms with Gasteiger partial charge < -0.3 is 10.1 Å². The van der Waals surface area contributed by atoms with Crippen molar-refractivity contribution in [3.8, 4) is 5.75 Å². The van der Waals surface area contributed by atoms with E-state index in [9.17, 15) is 13.2 Å². The van der Waals surface area contributed by atoms with Gasteiger partial charge in [0.1, 0.15) is 5.75 Å². The zero-order chi connectivity index (χ0) is 16.2. The maximum Gasteiger partial charge on any atom is 0.260 e. The number of hydrogen-bond donors (Lipinski definition) is 1. The van der Waals surface area contributed by atoms with Gasteiger partial charge in [-0.3, -0.25) is 4.79 Å². The van der Waals surface area contributed by atoms with E-state index < -0.39 is 16.1 Å². The van der Waals surface area contributed by atoms with Crippen LogP contribution < -0.4 is 10.1 Å². The Labute approximate surface area is 131 Å². The van der Waals surface area contributed by atoms with Crippen LogP contribution in [0.5, 0.6) is 5.75 Å². The Kier molecular flexibility index (Phi) is 5.42. The van der Waals surface area contributed by atoms with E-state index in [0.29, 0.717) is 31.7 Å². The quantitative estimate of drug-likeness (QED) is 0.876. The largest absolute Gasteiger partial charge is 0.481 e. The van der Waals surface area contributed by atoms with Crippen molar-refractivity contribution in [2.45, 2.75) is 31.9 Å². The number of carbonyl (C=O) groups excluding carboxylic acids is 1. The van der Waals surface area contributed by atoms with Crippen LogP contribution in [0.3, 0.4) is 0 Å². The van der Waals surface area contributed by atoms with Crippen molar-refractivity contribution in [2.75, 3.05) is 19.3 Å². The van der Waals surface area contributed by atoms with Crippen LogP contribution >= 0.6 is 0 Å². The molecule has 1 heterocycles. The fraction of sp³-hybridized carbons (Fsp3) is 0.533. The molecule has 1 N–H and O–H groups in total. The van der Waals surface area contributed by atoms with Gasteiger partial charge in [-0.25, -0.2) is 12.7 Å². The van der Waals surface area contributed by atoms with Gasteiger partial charge in [-0.15, -0.1) is 0 Å². The highest BCUT2D eigenvalue weighted by Gasteiger charge is 2.27. The lowest BCUT2D eigenvalue weighted by Crippen LogP contribution is -2.49. The molecule has 0 radical (unpaired) electrons. The van der Waals surface area contributed by atoms with Gasteiger partial charge in [0.25, 0.3) is 5.91 Å². The molecule has 1 aromatic rings. The third-order valence-corrected chi connectivity index (χ3v) is 5.00. The number of carbonyl (C=O) groups is 1. The van der Waals surface area contributed by atoms with Crippen molar-refractivity contribution in [3.05, 3.63) is 30.3 Å². The first-order valence-electron chi connectivity index (χ1n) is 7.33. The zero-order valence-corrected chi connectivity index (χ0v) is 13.7. The molecular weight excluding hydrogens is 304 g/mol. The molecule has 2 rings (SSSR count). The number of sulfonamides is 1. The number of nitrogens with zero attached hydrogens (tertiary/aromatic N) is 1. The molecule has 0 spiro atoms. The van der Waals surface area contributed by atoms with Crippen molar-refractivity contribution in [1.29, 1.82) is 0 Å². The van der Waals surface area contributed by atoms with Crippen LogP contribution in [0.4, 0.5) is 0 Å². The van der Waals surface area contributed by atoms with Crippen LogP contribution in [-0.2, 0) is 14.8 Å². The van der Waals surface area contributed by atoms with Crippen LogP contribution in [0, 0.1) is 0 Å². The van der Waals surface area contributed by atoms with Crippen LogP contribution in [-0.4, -0.2) is 50.1 Å². The van der Waals surface area contributed by atoms with E-state index in [1.54, 1.807) is 19.1 Å². The monoisotopic (exact) mass is 326 g/mol. The molecule has 1 fully saturated rings. The number of piperidine rings is 1. The maximum atomic E-state index is 12.1. The molecule has 1 aromatic carbocycles. The van der Waals surface area contributed by atoms with Crippen molar-refractivity contribution in [1.82, 2.24) is 9.62 Å². The first-order chi connectivity index (χ1) is 10.4. The molecule has 1 amide bonds. The summed E-state index contributed by atoms with van der Waals surface area (Å²) in [4.78, 5) is 12.1. The molecule has 6 nitrogen and oxygen atoms in total. The van der Waals surface area contributed by atoms with Crippen LogP contribution in [0.25, 0.3) is 0 Å². The minimum absolute atomic E-state index is 0.00711. The summed E-state index contributed by atoms with van der Waals surface area (Å²) >= 11 is 0. The Hall–Kier alpha value is -1.60. The van der Waals surface area contributed by atoms with Crippen LogP contribution in [0.15, 0.2) is 30.3 Å². The topological polar surface area (TPSA) is 75.7 Å². The fourth-order valence-corrected chi connectivity index (χ4v) is 3.28. The summed E-state index contributed by atoms with van der Waals surface area (Å²) in [6, 6.07) is 9.17. The van der Waals surface area contributed by atoms with Gasteiger partial charge in [-0.1, -0.05) is 18.2 Å². The average Bonchev–Trinajstić information content (AvgIpc) is 2.48. The summed E-state index contributed by atoms with van der Waals surface area (Å²) in [6.45, 7) is 2.59. The minimum atomic E-state index is -3.14. The van der Waals surface area contributed by atoms with Gasteiger partial charge in [-0.05, 0) is 31.9 Å². The van der Waals surface area contributed by atoms with E-state index >= 15 is 0 Å². The fourth-order valence-electron chi connectivity index (χ4n) is 2.41. The summed E-state index contributed by atoms with van der Waals surface area (Å²) in [5.74, 6) is 0.471. The SMILES string of the molecule is C[C@@H](Oc1ccccc1)C(=O)NC1CCN(S(C)(=O)=O)CC1. The van der Waals surface area contributed by atoms with Gasteiger partial charge in [0.05, 0.1) is 6.26 Å². The summed E-state index contributed by atoms with van der Waals surface area (Å²) in [6.07, 6.45) is 1.87. The lowest BCUT2D eigenvalue weighted by atomic mass is 10.1. The van der Waals surface area contributed by atoms with Crippen molar-refractivity contribution in [3.63, 3.8) is 0 Å². The summed E-state index contributed by atoms with van der Waals surface area (Å²) in [7, 11) is -3.14. The maximum absolute atomic E-state index is 12.1. The van der Waals surface area contributed by atoms with Crippen molar-refractivity contribution >= 4 is 15.9 Å². The third kappa shape index (κ3) is 4.71. The Morgan fingerprint density at radius 2 is 1.86 bits per heavy atom. The highest BCUT2D eigenvalue weighted by atomic mass is 32.2. The lowest BCUT2D eigenvalue weighted by molar-refractivity contribution is -0.128. The van der Waals surface area contributed by atoms with E-state index in [4.69, 9.17) is 4.74 Å². The minimum Gasteiger partial charge on any atom is -0.481 e. The van der Waals surface area contributed by atoms with Gasteiger partial charge in [0.15, 0.2) is 6.10 Å². The number of amides is 1. The van der Waals surface area contributed by atoms with Crippen LogP contribution in [0.1, 0.15) is 19.8 Å². The predicted molar refractivity (Wildman–Crippen MR) is 84.1 cm³/mol. The van der Waals surface area contributed by atoms with Gasteiger partial charge in [-0.2, -0.15) is 0 Å². The Bertz CT molecular complexity index is 595. The molecule has 1 aliphatic heterocycles. The van der Waals surface area contributed by atoms with E-state index in [1.807, 2.05) is 18.2 Å². The molecular formula is C15H22N2O4S. The Morgan fingerprint density at radius 3 is 2.41 bits per heavy atom. The highest BCUT2D eigenvalue weighted by Crippen LogP contribution is 2.14. The second-order valence-corrected chi connectivity index (χ2v) is 7.50. The molecule has 0 bridgehead atoms. The highest BCUT2D eigenvalue weighted by molar-refractivity contribution is 7.88. The first kappa shape index (κ1) is 16.8. The number of para-hydroxylation sites is 1. The molecule has 1 aliphatic rings. The van der Waals surface area contributed by atoms with E-state index in [2.05, 4.69) is 5.32 Å². The molecule has 0 aliphatic carbocycles. The van der Waals surface area contributed by atoms with Crippen LogP contribution in [0.2, 0.25) is 0 Å². The normalized spacial score (nSPS) is 18.6.